The molecule has 0 bridgehead atoms. The maximum atomic E-state index is 12.6. The number of amides is 1. The van der Waals surface area contributed by atoms with Gasteiger partial charge < -0.3 is 20.3 Å². The van der Waals surface area contributed by atoms with Crippen LogP contribution in [0.1, 0.15) is 18.9 Å². The third-order valence-electron chi connectivity index (χ3n) is 6.48. The number of nitrogens with two attached hydrogens (primary N) is 1. The fourth-order valence-electron chi connectivity index (χ4n) is 4.57. The molecule has 0 radical (unpaired) electrons. The fourth-order valence-corrected chi connectivity index (χ4v) is 4.57. The van der Waals surface area contributed by atoms with E-state index in [1.807, 2.05) is 11.0 Å². The van der Waals surface area contributed by atoms with Gasteiger partial charge in [-0.25, -0.2) is 9.79 Å². The molecule has 2 aromatic rings. The number of nitrogens with zero attached hydrogens (tertiary/aromatic N) is 5. The number of carbonyl (C=O) groups excluding carboxylic acids is 2. The summed E-state index contributed by atoms with van der Waals surface area (Å²) < 4.78 is 10.7. The largest absolute Gasteiger partial charge is 0.481 e. The number of hydrogen-bond acceptors (Lipinski definition) is 9. The normalized spacial score (nSPS) is 19.7. The number of aromatic nitrogens is 1. The van der Waals surface area contributed by atoms with Gasteiger partial charge in [0, 0.05) is 50.2 Å². The van der Waals surface area contributed by atoms with E-state index in [1.165, 1.54) is 0 Å². The molecule has 12 heteroatoms. The minimum atomic E-state index is -1.04. The number of hydrogen-bond donors (Lipinski definition) is 2. The highest BCUT2D eigenvalue weighted by Crippen LogP contribution is 2.23. The quantitative estimate of drug-likeness (QED) is 0.266. The highest BCUT2D eigenvalue weighted by molar-refractivity contribution is 5.99. The van der Waals surface area contributed by atoms with Crippen molar-refractivity contribution in [3.8, 4) is 0 Å². The molecular formula is C26H32N6O6. The van der Waals surface area contributed by atoms with Crippen LogP contribution in [0.4, 0.5) is 16.2 Å². The molecule has 2 atom stereocenters. The number of carboxylic acid groups (broad SMARTS) is 1. The van der Waals surface area contributed by atoms with Crippen molar-refractivity contribution >= 4 is 35.2 Å². The van der Waals surface area contributed by atoms with Crippen molar-refractivity contribution in [3.63, 3.8) is 0 Å². The molecule has 202 valence electrons. The van der Waals surface area contributed by atoms with Crippen molar-refractivity contribution in [1.82, 2.24) is 14.8 Å². The number of cyclic esters (lactones) is 1. The number of pyridine rings is 1. The van der Waals surface area contributed by atoms with E-state index < -0.39 is 24.1 Å². The third kappa shape index (κ3) is 6.84. The van der Waals surface area contributed by atoms with E-state index in [0.29, 0.717) is 56.5 Å². The number of rotatable bonds is 10. The lowest BCUT2D eigenvalue weighted by atomic mass is 10.1. The Labute approximate surface area is 220 Å². The summed E-state index contributed by atoms with van der Waals surface area (Å²) in [5.74, 6) is -1.21. The molecule has 2 aliphatic heterocycles. The van der Waals surface area contributed by atoms with Crippen LogP contribution in [0, 0.1) is 0 Å². The van der Waals surface area contributed by atoms with Gasteiger partial charge in [-0.1, -0.05) is 0 Å². The molecular weight excluding hydrogens is 492 g/mol. The zero-order chi connectivity index (χ0) is 27.1. The summed E-state index contributed by atoms with van der Waals surface area (Å²) >= 11 is 0. The van der Waals surface area contributed by atoms with Gasteiger partial charge in [-0.2, -0.15) is 0 Å². The fraction of sp³-hybridized carbons (Fsp3) is 0.423. The Morgan fingerprint density at radius 1 is 1.21 bits per heavy atom. The van der Waals surface area contributed by atoms with E-state index in [0.717, 1.165) is 5.56 Å². The zero-order valence-corrected chi connectivity index (χ0v) is 21.2. The number of anilines is 1. The molecule has 1 amide bonds. The summed E-state index contributed by atoms with van der Waals surface area (Å²) in [4.78, 5) is 50.1. The predicted octanol–water partition coefficient (Wildman–Crippen LogP) is 1.47. The Bertz CT molecular complexity index is 1150. The van der Waals surface area contributed by atoms with Crippen LogP contribution in [0.15, 0.2) is 53.8 Å². The highest BCUT2D eigenvalue weighted by atomic mass is 16.6. The molecule has 0 saturated carbocycles. The monoisotopic (exact) mass is 524 g/mol. The molecule has 3 heterocycles. The zero-order valence-electron chi connectivity index (χ0n) is 21.2. The predicted molar refractivity (Wildman–Crippen MR) is 139 cm³/mol. The Morgan fingerprint density at radius 3 is 2.58 bits per heavy atom. The van der Waals surface area contributed by atoms with Gasteiger partial charge in [-0.3, -0.25) is 29.3 Å². The van der Waals surface area contributed by atoms with Crippen molar-refractivity contribution in [3.05, 3.63) is 54.4 Å². The molecule has 1 aromatic carbocycles. The Kier molecular flexibility index (Phi) is 8.87. The van der Waals surface area contributed by atoms with Crippen LogP contribution in [0.25, 0.3) is 0 Å². The minimum absolute atomic E-state index is 0.202. The van der Waals surface area contributed by atoms with Gasteiger partial charge in [0.2, 0.25) is 0 Å². The van der Waals surface area contributed by atoms with Crippen LogP contribution in [-0.2, 0) is 19.1 Å². The first-order valence-electron chi connectivity index (χ1n) is 12.5. The van der Waals surface area contributed by atoms with Gasteiger partial charge in [-0.15, -0.1) is 0 Å². The average molecular weight is 525 g/mol. The van der Waals surface area contributed by atoms with Gasteiger partial charge in [0.05, 0.1) is 31.5 Å². The first-order valence-corrected chi connectivity index (χ1v) is 12.5. The maximum Gasteiger partial charge on any atom is 0.414 e. The second-order valence-electron chi connectivity index (χ2n) is 9.07. The number of aliphatic imine (C=N–C) groups is 1. The van der Waals surface area contributed by atoms with Crippen LogP contribution in [0.3, 0.4) is 0 Å². The number of aliphatic carboxylic acids is 1. The van der Waals surface area contributed by atoms with E-state index in [1.54, 1.807) is 54.5 Å². The van der Waals surface area contributed by atoms with Crippen LogP contribution < -0.4 is 10.6 Å². The van der Waals surface area contributed by atoms with Crippen molar-refractivity contribution < 1.29 is 29.0 Å². The Morgan fingerprint density at radius 2 is 1.95 bits per heavy atom. The number of benzene rings is 1. The van der Waals surface area contributed by atoms with E-state index >= 15 is 0 Å². The molecule has 2 fully saturated rings. The maximum absolute atomic E-state index is 12.6. The van der Waals surface area contributed by atoms with Gasteiger partial charge >= 0.3 is 18.0 Å². The number of carbonyl (C=O) groups is 3. The van der Waals surface area contributed by atoms with Crippen molar-refractivity contribution in [1.29, 1.82) is 0 Å². The van der Waals surface area contributed by atoms with Gasteiger partial charge in [0.1, 0.15) is 18.0 Å². The second kappa shape index (κ2) is 12.5. The number of amidine groups is 1. The molecule has 2 saturated heterocycles. The summed E-state index contributed by atoms with van der Waals surface area (Å²) in [6, 6.07) is 10.0. The number of piperazine rings is 1. The highest BCUT2D eigenvalue weighted by Gasteiger charge is 2.36. The van der Waals surface area contributed by atoms with Crippen LogP contribution >= 0.6 is 0 Å². The summed E-state index contributed by atoms with van der Waals surface area (Å²) in [6.45, 7) is 5.12. The third-order valence-corrected chi connectivity index (χ3v) is 6.48. The molecule has 4 rings (SSSR count). The van der Waals surface area contributed by atoms with Crippen molar-refractivity contribution in [2.45, 2.75) is 25.5 Å². The van der Waals surface area contributed by atoms with E-state index in [-0.39, 0.29) is 19.1 Å². The lowest BCUT2D eigenvalue weighted by Gasteiger charge is -2.38. The summed E-state index contributed by atoms with van der Waals surface area (Å²) in [7, 11) is 0. The molecule has 38 heavy (non-hydrogen) atoms. The van der Waals surface area contributed by atoms with Crippen LogP contribution in [0.2, 0.25) is 0 Å². The summed E-state index contributed by atoms with van der Waals surface area (Å²) in [5.41, 5.74) is 8.20. The molecule has 0 aliphatic carbocycles. The SMILES string of the molecule is CCOC(=O)C(CC(=O)O)N1CCN(CC2CN(c3ccc(C(N)=Nc4cccnc4)cc3)C(=O)O2)CC1. The van der Waals surface area contributed by atoms with Gasteiger partial charge in [0.15, 0.2) is 0 Å². The van der Waals surface area contributed by atoms with Crippen molar-refractivity contribution in [2.75, 3.05) is 50.8 Å². The lowest BCUT2D eigenvalue weighted by molar-refractivity contribution is -0.155. The van der Waals surface area contributed by atoms with E-state index in [4.69, 9.17) is 15.2 Å². The van der Waals surface area contributed by atoms with Crippen LogP contribution in [0.5, 0.6) is 0 Å². The lowest BCUT2D eigenvalue weighted by Crippen LogP contribution is -2.54. The first kappa shape index (κ1) is 27.0. The van der Waals surface area contributed by atoms with E-state index in [2.05, 4.69) is 14.9 Å². The Hall–Kier alpha value is -4.03. The topological polar surface area (TPSA) is 151 Å². The average Bonchev–Trinajstić information content (AvgIpc) is 3.28. The summed E-state index contributed by atoms with van der Waals surface area (Å²) in [6.07, 6.45) is 2.26. The molecule has 3 N–H and O–H groups in total. The molecule has 0 spiro atoms. The standard InChI is InChI=1S/C26H32N6O6/c1-2-37-25(35)22(14-23(33)34)31-12-10-30(11-13-31)16-21-17-32(26(36)38-21)20-7-5-18(6-8-20)24(27)29-19-4-3-9-28-15-19/h3-9,15,21-22H,2,10-14,16-17H2,1H3,(H2,27,29)(H,33,34). The van der Waals surface area contributed by atoms with Gasteiger partial charge in [-0.05, 0) is 43.3 Å². The number of esters is 1. The number of carboxylic acids is 1. The van der Waals surface area contributed by atoms with Crippen LogP contribution in [-0.4, -0.2) is 102 Å². The molecule has 1 aromatic heterocycles. The first-order chi connectivity index (χ1) is 18.3. The summed E-state index contributed by atoms with van der Waals surface area (Å²) in [5, 5.41) is 9.21. The van der Waals surface area contributed by atoms with Crippen molar-refractivity contribution in [2.24, 2.45) is 10.7 Å². The second-order valence-corrected chi connectivity index (χ2v) is 9.07. The number of ether oxygens (including phenoxy) is 2. The van der Waals surface area contributed by atoms with E-state index in [9.17, 15) is 19.5 Å². The van der Waals surface area contributed by atoms with Gasteiger partial charge in [0.25, 0.3) is 0 Å². The smallest absolute Gasteiger partial charge is 0.414 e. The Balaban J connectivity index is 1.30. The molecule has 2 unspecified atom stereocenters. The molecule has 12 nitrogen and oxygen atoms in total. The molecule has 2 aliphatic rings. The minimum Gasteiger partial charge on any atom is -0.481 e.